The predicted molar refractivity (Wildman–Crippen MR) is 114 cm³/mol. The van der Waals surface area contributed by atoms with Gasteiger partial charge in [-0.3, -0.25) is 14.5 Å². The van der Waals surface area contributed by atoms with Gasteiger partial charge in [0.1, 0.15) is 6.04 Å². The van der Waals surface area contributed by atoms with Crippen molar-refractivity contribution in [3.63, 3.8) is 0 Å². The first-order chi connectivity index (χ1) is 13.4. The van der Waals surface area contributed by atoms with E-state index >= 15 is 0 Å². The maximum absolute atomic E-state index is 13.5. The van der Waals surface area contributed by atoms with E-state index in [1.54, 1.807) is 4.90 Å². The second-order valence-electron chi connectivity index (χ2n) is 8.57. The molecule has 1 aromatic heterocycles. The topological polar surface area (TPSA) is 49.4 Å². The summed E-state index contributed by atoms with van der Waals surface area (Å²) in [4.78, 5) is 30.4. The Morgan fingerprint density at radius 2 is 1.79 bits per heavy atom. The summed E-state index contributed by atoms with van der Waals surface area (Å²) in [5.74, 6) is -0.116. The minimum atomic E-state index is -0.540. The quantitative estimate of drug-likeness (QED) is 0.809. The molecule has 2 aliphatic rings. The Bertz CT molecular complexity index is 896. The van der Waals surface area contributed by atoms with Gasteiger partial charge in [-0.2, -0.15) is 0 Å². The minimum absolute atomic E-state index is 0.0327. The Morgan fingerprint density at radius 3 is 2.46 bits per heavy atom. The number of amides is 2. The maximum atomic E-state index is 13.5. The molecule has 1 atom stereocenters. The number of nitrogens with one attached hydrogen (secondary N) is 1. The second-order valence-corrected chi connectivity index (χ2v) is 9.86. The molecule has 0 spiro atoms. The third kappa shape index (κ3) is 3.26. The average Bonchev–Trinajstić information content (AvgIpc) is 3.21. The van der Waals surface area contributed by atoms with Gasteiger partial charge >= 0.3 is 0 Å². The van der Waals surface area contributed by atoms with Crippen molar-refractivity contribution in [2.75, 3.05) is 4.90 Å². The summed E-state index contributed by atoms with van der Waals surface area (Å²) in [6.45, 7) is 6.14. The van der Waals surface area contributed by atoms with Crippen molar-refractivity contribution in [2.45, 2.75) is 70.4 Å². The lowest BCUT2D eigenvalue weighted by molar-refractivity contribution is -0.124. The Hall–Kier alpha value is -2.14. The van der Waals surface area contributed by atoms with Crippen molar-refractivity contribution in [1.82, 2.24) is 5.32 Å². The third-order valence-corrected chi connectivity index (χ3v) is 7.16. The molecule has 2 amide bonds. The molecule has 1 aliphatic carbocycles. The summed E-state index contributed by atoms with van der Waals surface area (Å²) in [7, 11) is 0. The highest BCUT2D eigenvalue weighted by Crippen LogP contribution is 2.46. The molecule has 4 nitrogen and oxygen atoms in total. The first kappa shape index (κ1) is 19.2. The van der Waals surface area contributed by atoms with Crippen LogP contribution in [0.15, 0.2) is 36.4 Å². The molecule has 1 N–H and O–H groups in total. The molecule has 28 heavy (non-hydrogen) atoms. The number of benzene rings is 1. The zero-order valence-electron chi connectivity index (χ0n) is 16.8. The van der Waals surface area contributed by atoms with Gasteiger partial charge in [-0.05, 0) is 43.5 Å². The van der Waals surface area contributed by atoms with E-state index in [2.05, 4.69) is 19.2 Å². The lowest BCUT2D eigenvalue weighted by Gasteiger charge is -2.34. The number of rotatable bonds is 3. The van der Waals surface area contributed by atoms with Crippen LogP contribution >= 0.6 is 11.3 Å². The van der Waals surface area contributed by atoms with E-state index in [4.69, 9.17) is 0 Å². The predicted octanol–water partition coefficient (Wildman–Crippen LogP) is 4.81. The summed E-state index contributed by atoms with van der Waals surface area (Å²) < 4.78 is 0. The number of fused-ring (bicyclic) bond motifs is 1. The number of aryl methyl sites for hydroxylation is 1. The molecule has 2 aromatic rings. The van der Waals surface area contributed by atoms with Crippen LogP contribution in [0.1, 0.15) is 66.1 Å². The van der Waals surface area contributed by atoms with Gasteiger partial charge in [0.15, 0.2) is 0 Å². The van der Waals surface area contributed by atoms with Gasteiger partial charge < -0.3 is 5.32 Å². The highest BCUT2D eigenvalue weighted by atomic mass is 32.1. The lowest BCUT2D eigenvalue weighted by atomic mass is 9.80. The van der Waals surface area contributed by atoms with Gasteiger partial charge in [-0.25, -0.2) is 0 Å². The van der Waals surface area contributed by atoms with Crippen LogP contribution in [-0.2, 0) is 10.2 Å². The monoisotopic (exact) mass is 396 g/mol. The van der Waals surface area contributed by atoms with Crippen molar-refractivity contribution in [2.24, 2.45) is 0 Å². The fourth-order valence-corrected chi connectivity index (χ4v) is 5.51. The van der Waals surface area contributed by atoms with Gasteiger partial charge in [-0.15, -0.1) is 11.3 Å². The molecule has 1 aromatic carbocycles. The van der Waals surface area contributed by atoms with E-state index < -0.39 is 11.5 Å². The third-order valence-electron chi connectivity index (χ3n) is 6.17. The summed E-state index contributed by atoms with van der Waals surface area (Å²) in [5.41, 5.74) is 1.46. The van der Waals surface area contributed by atoms with E-state index in [0.717, 1.165) is 41.8 Å². The van der Waals surface area contributed by atoms with Crippen LogP contribution in [0.5, 0.6) is 0 Å². The molecule has 4 rings (SSSR count). The highest BCUT2D eigenvalue weighted by Gasteiger charge is 2.51. The molecule has 1 aliphatic heterocycles. The van der Waals surface area contributed by atoms with Crippen LogP contribution in [0.2, 0.25) is 0 Å². The van der Waals surface area contributed by atoms with Crippen molar-refractivity contribution >= 4 is 28.8 Å². The SMILES string of the molecule is Cc1ccc(C(=O)N2c3ccccc3C(C)(C)C2C(=O)NC2CCCCC2)s1. The molecule has 0 saturated heterocycles. The second kappa shape index (κ2) is 7.36. The molecule has 1 saturated carbocycles. The summed E-state index contributed by atoms with van der Waals surface area (Å²) >= 11 is 1.48. The number of nitrogens with zero attached hydrogens (tertiary/aromatic N) is 1. The van der Waals surface area contributed by atoms with Crippen molar-refractivity contribution in [3.8, 4) is 0 Å². The Kier molecular flexibility index (Phi) is 5.04. The molecule has 1 unspecified atom stereocenters. The molecule has 0 radical (unpaired) electrons. The average molecular weight is 397 g/mol. The van der Waals surface area contributed by atoms with Crippen molar-refractivity contribution < 1.29 is 9.59 Å². The number of hydrogen-bond acceptors (Lipinski definition) is 3. The standard InChI is InChI=1S/C23H28N2O2S/c1-15-13-14-19(28-15)22(27)25-18-12-8-7-11-17(18)23(2,3)20(25)21(26)24-16-9-5-4-6-10-16/h7-8,11-14,16,20H,4-6,9-10H2,1-3H3,(H,24,26). The summed E-state index contributed by atoms with van der Waals surface area (Å²) in [5, 5.41) is 3.26. The minimum Gasteiger partial charge on any atom is -0.352 e. The fraction of sp³-hybridized carbons (Fsp3) is 0.478. The number of para-hydroxylation sites is 1. The maximum Gasteiger partial charge on any atom is 0.269 e. The first-order valence-electron chi connectivity index (χ1n) is 10.2. The molecular formula is C23H28N2O2S. The smallest absolute Gasteiger partial charge is 0.269 e. The zero-order valence-corrected chi connectivity index (χ0v) is 17.6. The fourth-order valence-electron chi connectivity index (χ4n) is 4.70. The van der Waals surface area contributed by atoms with Crippen LogP contribution in [0, 0.1) is 6.92 Å². The summed E-state index contributed by atoms with van der Waals surface area (Å²) in [6.07, 6.45) is 5.63. The molecule has 148 valence electrons. The first-order valence-corrected chi connectivity index (χ1v) is 11.0. The van der Waals surface area contributed by atoms with Crippen LogP contribution < -0.4 is 10.2 Å². The number of carbonyl (C=O) groups excluding carboxylic acids is 2. The van der Waals surface area contributed by atoms with Crippen molar-refractivity contribution in [1.29, 1.82) is 0 Å². The zero-order chi connectivity index (χ0) is 19.9. The van der Waals surface area contributed by atoms with Crippen LogP contribution in [0.3, 0.4) is 0 Å². The van der Waals surface area contributed by atoms with Crippen LogP contribution in [-0.4, -0.2) is 23.9 Å². The lowest BCUT2D eigenvalue weighted by Crippen LogP contribution is -2.56. The van der Waals surface area contributed by atoms with Gasteiger partial charge in [-0.1, -0.05) is 51.3 Å². The van der Waals surface area contributed by atoms with E-state index in [1.807, 2.05) is 43.3 Å². The number of hydrogen-bond donors (Lipinski definition) is 1. The van der Waals surface area contributed by atoms with Gasteiger partial charge in [0.2, 0.25) is 5.91 Å². The van der Waals surface area contributed by atoms with Crippen LogP contribution in [0.25, 0.3) is 0 Å². The van der Waals surface area contributed by atoms with Gasteiger partial charge in [0.05, 0.1) is 4.88 Å². The van der Waals surface area contributed by atoms with E-state index in [9.17, 15) is 9.59 Å². The number of thiophene rings is 1. The van der Waals surface area contributed by atoms with E-state index in [1.165, 1.54) is 17.8 Å². The number of anilines is 1. The van der Waals surface area contributed by atoms with Gasteiger partial charge in [0.25, 0.3) is 5.91 Å². The molecular weight excluding hydrogens is 368 g/mol. The molecule has 5 heteroatoms. The van der Waals surface area contributed by atoms with E-state index in [-0.39, 0.29) is 17.9 Å². The largest absolute Gasteiger partial charge is 0.352 e. The normalized spacial score (nSPS) is 21.4. The number of carbonyl (C=O) groups is 2. The van der Waals surface area contributed by atoms with Crippen LogP contribution in [0.4, 0.5) is 5.69 Å². The Balaban J connectivity index is 1.71. The molecule has 2 heterocycles. The summed E-state index contributed by atoms with van der Waals surface area (Å²) in [6, 6.07) is 11.4. The Labute approximate surface area is 170 Å². The Morgan fingerprint density at radius 1 is 1.07 bits per heavy atom. The van der Waals surface area contributed by atoms with E-state index in [0.29, 0.717) is 4.88 Å². The van der Waals surface area contributed by atoms with Gasteiger partial charge in [0, 0.05) is 22.0 Å². The molecule has 1 fully saturated rings. The highest BCUT2D eigenvalue weighted by molar-refractivity contribution is 7.14. The molecule has 0 bridgehead atoms. The van der Waals surface area contributed by atoms with Crippen molar-refractivity contribution in [3.05, 3.63) is 51.7 Å².